The maximum Gasteiger partial charge on any atom is 0.216 e. The van der Waals surface area contributed by atoms with Gasteiger partial charge in [-0.15, -0.1) is 0 Å². The van der Waals surface area contributed by atoms with Crippen LogP contribution in [0.2, 0.25) is 0 Å². The van der Waals surface area contributed by atoms with Crippen LogP contribution < -0.4 is 4.74 Å². The number of hydrogen-bond donors (Lipinski definition) is 1. The van der Waals surface area contributed by atoms with Crippen molar-refractivity contribution in [1.82, 2.24) is 14.9 Å². The van der Waals surface area contributed by atoms with Gasteiger partial charge < -0.3 is 9.15 Å². The van der Waals surface area contributed by atoms with Gasteiger partial charge in [0.25, 0.3) is 0 Å². The molecule has 1 N–H and O–H groups in total. The number of aromatic nitrogens is 3. The van der Waals surface area contributed by atoms with Crippen LogP contribution in [0, 0.1) is 4.77 Å². The predicted molar refractivity (Wildman–Crippen MR) is 100 cm³/mol. The van der Waals surface area contributed by atoms with Gasteiger partial charge in [-0.05, 0) is 62.5 Å². The van der Waals surface area contributed by atoms with Crippen LogP contribution in [0.1, 0.15) is 19.6 Å². The van der Waals surface area contributed by atoms with Crippen LogP contribution in [0.5, 0.6) is 5.75 Å². The van der Waals surface area contributed by atoms with Gasteiger partial charge in [0.05, 0.1) is 12.4 Å². The number of furan rings is 1. The highest BCUT2D eigenvalue weighted by Gasteiger charge is 2.09. The normalized spacial score (nSPS) is 11.8. The van der Waals surface area contributed by atoms with E-state index in [9.17, 15) is 0 Å². The zero-order valence-electron chi connectivity index (χ0n) is 13.9. The number of allylic oxidation sites excluding steroid dienone is 1. The molecule has 3 aromatic rings. The largest absolute Gasteiger partial charge is 0.491 e. The molecular weight excluding hydrogens is 336 g/mol. The molecule has 0 aliphatic carbocycles. The monoisotopic (exact) mass is 354 g/mol. The maximum atomic E-state index is 5.73. The van der Waals surface area contributed by atoms with Crippen LogP contribution in [0.3, 0.4) is 0 Å². The predicted octanol–water partition coefficient (Wildman–Crippen LogP) is 4.54. The van der Waals surface area contributed by atoms with Gasteiger partial charge >= 0.3 is 0 Å². The molecule has 0 radical (unpaired) electrons. The second-order valence-electron chi connectivity index (χ2n) is 5.50. The lowest BCUT2D eigenvalue weighted by Gasteiger charge is -2.10. The molecule has 128 valence electrons. The topological polar surface area (TPSA) is 68.3 Å². The molecule has 25 heavy (non-hydrogen) atoms. The van der Waals surface area contributed by atoms with Gasteiger partial charge in [-0.2, -0.15) is 14.9 Å². The van der Waals surface area contributed by atoms with Crippen LogP contribution in [0.4, 0.5) is 0 Å². The fourth-order valence-corrected chi connectivity index (χ4v) is 2.37. The Kier molecular flexibility index (Phi) is 5.25. The van der Waals surface area contributed by atoms with Crippen molar-refractivity contribution in [2.45, 2.75) is 20.0 Å². The van der Waals surface area contributed by atoms with E-state index in [1.165, 1.54) is 0 Å². The van der Waals surface area contributed by atoms with Crippen molar-refractivity contribution >= 4 is 24.5 Å². The molecule has 0 fully saturated rings. The number of hydrogen-bond acceptors (Lipinski definition) is 5. The van der Waals surface area contributed by atoms with E-state index < -0.39 is 0 Å². The quantitative estimate of drug-likeness (QED) is 0.521. The van der Waals surface area contributed by atoms with Crippen molar-refractivity contribution < 1.29 is 9.15 Å². The number of rotatable bonds is 6. The van der Waals surface area contributed by atoms with Gasteiger partial charge in [0.2, 0.25) is 4.77 Å². The second kappa shape index (κ2) is 7.76. The Bertz CT molecular complexity index is 936. The number of H-pyrrole nitrogens is 1. The van der Waals surface area contributed by atoms with Crippen LogP contribution in [-0.2, 0) is 0 Å². The minimum absolute atomic E-state index is 0.0980. The highest BCUT2D eigenvalue weighted by molar-refractivity contribution is 7.71. The molecule has 6 nitrogen and oxygen atoms in total. The summed E-state index contributed by atoms with van der Waals surface area (Å²) in [6, 6.07) is 11.4. The molecule has 0 atom stereocenters. The third-order valence-electron chi connectivity index (χ3n) is 3.19. The number of ether oxygens (including phenoxy) is 1. The van der Waals surface area contributed by atoms with E-state index >= 15 is 0 Å². The third-order valence-corrected chi connectivity index (χ3v) is 3.45. The Morgan fingerprint density at radius 1 is 1.32 bits per heavy atom. The molecule has 1 aromatic carbocycles. The van der Waals surface area contributed by atoms with Crippen molar-refractivity contribution in [1.29, 1.82) is 0 Å². The molecule has 7 heteroatoms. The fourth-order valence-electron chi connectivity index (χ4n) is 2.20. The maximum absolute atomic E-state index is 5.73. The SMILES string of the molecule is CC(C)Oc1cccc(-c2n[nH]c(=S)n2N=CC=Cc2ccco2)c1. The minimum atomic E-state index is 0.0980. The van der Waals surface area contributed by atoms with Gasteiger partial charge in [-0.3, -0.25) is 0 Å². The van der Waals surface area contributed by atoms with E-state index in [2.05, 4.69) is 15.3 Å². The number of nitrogens with zero attached hydrogens (tertiary/aromatic N) is 3. The van der Waals surface area contributed by atoms with E-state index in [0.717, 1.165) is 17.1 Å². The molecular formula is C18H18N4O2S. The van der Waals surface area contributed by atoms with Gasteiger partial charge in [0.1, 0.15) is 11.5 Å². The summed E-state index contributed by atoms with van der Waals surface area (Å²) in [5.41, 5.74) is 0.859. The first kappa shape index (κ1) is 16.9. The Morgan fingerprint density at radius 3 is 2.96 bits per heavy atom. The first-order chi connectivity index (χ1) is 12.1. The third kappa shape index (κ3) is 4.33. The molecule has 0 aliphatic rings. The lowest BCUT2D eigenvalue weighted by Crippen LogP contribution is -2.05. The number of benzene rings is 1. The van der Waals surface area contributed by atoms with Crippen LogP contribution in [0.25, 0.3) is 17.5 Å². The Morgan fingerprint density at radius 2 is 2.20 bits per heavy atom. The first-order valence-corrected chi connectivity index (χ1v) is 8.23. The van der Waals surface area contributed by atoms with E-state index in [-0.39, 0.29) is 6.10 Å². The van der Waals surface area contributed by atoms with Crippen molar-refractivity contribution in [3.63, 3.8) is 0 Å². The van der Waals surface area contributed by atoms with Crippen molar-refractivity contribution in [2.24, 2.45) is 5.10 Å². The summed E-state index contributed by atoms with van der Waals surface area (Å²) < 4.78 is 12.9. The van der Waals surface area contributed by atoms with Gasteiger partial charge in [-0.25, -0.2) is 5.10 Å². The van der Waals surface area contributed by atoms with E-state index in [4.69, 9.17) is 21.4 Å². The van der Waals surface area contributed by atoms with E-state index in [1.54, 1.807) is 23.2 Å². The first-order valence-electron chi connectivity index (χ1n) is 7.82. The summed E-state index contributed by atoms with van der Waals surface area (Å²) in [6.07, 6.45) is 6.93. The van der Waals surface area contributed by atoms with E-state index in [0.29, 0.717) is 10.6 Å². The number of nitrogens with one attached hydrogen (secondary N) is 1. The summed E-state index contributed by atoms with van der Waals surface area (Å²) in [4.78, 5) is 0. The van der Waals surface area contributed by atoms with Crippen LogP contribution in [0.15, 0.2) is 58.3 Å². The van der Waals surface area contributed by atoms with Crippen LogP contribution >= 0.6 is 12.2 Å². The molecule has 0 aliphatic heterocycles. The van der Waals surface area contributed by atoms with Gasteiger partial charge in [0.15, 0.2) is 5.82 Å². The Labute approximate surface area is 150 Å². The zero-order valence-corrected chi connectivity index (χ0v) is 14.7. The molecule has 0 amide bonds. The van der Waals surface area contributed by atoms with Gasteiger partial charge in [-0.1, -0.05) is 12.1 Å². The molecule has 0 saturated heterocycles. The molecule has 0 bridgehead atoms. The van der Waals surface area contributed by atoms with Crippen LogP contribution in [-0.4, -0.2) is 27.2 Å². The van der Waals surface area contributed by atoms with Gasteiger partial charge in [0, 0.05) is 11.8 Å². The van der Waals surface area contributed by atoms with E-state index in [1.807, 2.05) is 56.3 Å². The molecule has 2 aromatic heterocycles. The molecule has 3 rings (SSSR count). The number of aromatic amines is 1. The second-order valence-corrected chi connectivity index (χ2v) is 5.88. The highest BCUT2D eigenvalue weighted by Crippen LogP contribution is 2.23. The smallest absolute Gasteiger partial charge is 0.216 e. The fraction of sp³-hybridized carbons (Fsp3) is 0.167. The summed E-state index contributed by atoms with van der Waals surface area (Å²) in [6.45, 7) is 3.97. The summed E-state index contributed by atoms with van der Waals surface area (Å²) in [5, 5.41) is 11.4. The average molecular weight is 354 g/mol. The van der Waals surface area contributed by atoms with Crippen molar-refractivity contribution in [3.05, 3.63) is 59.3 Å². The average Bonchev–Trinajstić information content (AvgIpc) is 3.21. The van der Waals surface area contributed by atoms with Crippen molar-refractivity contribution in [2.75, 3.05) is 0 Å². The highest BCUT2D eigenvalue weighted by atomic mass is 32.1. The molecule has 0 saturated carbocycles. The van der Waals surface area contributed by atoms with Crippen molar-refractivity contribution in [3.8, 4) is 17.1 Å². The lowest BCUT2D eigenvalue weighted by molar-refractivity contribution is 0.242. The molecule has 2 heterocycles. The lowest BCUT2D eigenvalue weighted by atomic mass is 10.2. The standard InChI is InChI=1S/C18H18N4O2S/c1-13(2)24-16-7-3-6-14(12-16)17-20-21-18(25)22(17)19-10-4-8-15-9-5-11-23-15/h3-13H,1-2H3,(H,21,25). The zero-order chi connectivity index (χ0) is 17.6. The summed E-state index contributed by atoms with van der Waals surface area (Å²) in [7, 11) is 0. The molecule has 0 unspecified atom stereocenters. The molecule has 0 spiro atoms. The Balaban J connectivity index is 1.85. The summed E-state index contributed by atoms with van der Waals surface area (Å²) in [5.74, 6) is 2.14. The Hall–Kier alpha value is -2.93. The minimum Gasteiger partial charge on any atom is -0.491 e. The summed E-state index contributed by atoms with van der Waals surface area (Å²) >= 11 is 5.26.